The summed E-state index contributed by atoms with van der Waals surface area (Å²) in [5, 5.41) is 8.09. The molecule has 3 rings (SSSR count). The van der Waals surface area contributed by atoms with Gasteiger partial charge in [0.1, 0.15) is 0 Å². The number of halogens is 2. The van der Waals surface area contributed by atoms with Gasteiger partial charge in [-0.15, -0.1) is 0 Å². The van der Waals surface area contributed by atoms with Gasteiger partial charge in [-0.25, -0.2) is 9.48 Å². The van der Waals surface area contributed by atoms with Crippen LogP contribution in [-0.4, -0.2) is 15.8 Å². The molecule has 0 unspecified atom stereocenters. The molecule has 7 heteroatoms. The summed E-state index contributed by atoms with van der Waals surface area (Å²) in [6, 6.07) is 15.6. The summed E-state index contributed by atoms with van der Waals surface area (Å²) in [4.78, 5) is 15.9. The van der Waals surface area contributed by atoms with Gasteiger partial charge in [0.15, 0.2) is 0 Å². The van der Waals surface area contributed by atoms with Gasteiger partial charge in [-0.2, -0.15) is 10.1 Å². The Morgan fingerprint density at radius 2 is 1.83 bits per heavy atom. The number of amides is 2. The van der Waals surface area contributed by atoms with Gasteiger partial charge >= 0.3 is 6.03 Å². The molecule has 5 nitrogen and oxygen atoms in total. The van der Waals surface area contributed by atoms with Crippen molar-refractivity contribution >= 4 is 34.9 Å². The van der Waals surface area contributed by atoms with Crippen LogP contribution in [0.3, 0.4) is 0 Å². The maximum Gasteiger partial charge on any atom is 0.345 e. The van der Waals surface area contributed by atoms with Crippen LogP contribution in [0.1, 0.15) is 0 Å². The third kappa shape index (κ3) is 4.01. The summed E-state index contributed by atoms with van der Waals surface area (Å²) < 4.78 is 1.69. The molecule has 2 amide bonds. The molecule has 0 bridgehead atoms. The van der Waals surface area contributed by atoms with Crippen LogP contribution in [0, 0.1) is 0 Å². The molecule has 0 fully saturated rings. The third-order valence-corrected chi connectivity index (χ3v) is 3.86. The Bertz CT molecular complexity index is 918. The van der Waals surface area contributed by atoms with Crippen molar-refractivity contribution in [2.24, 2.45) is 4.99 Å². The quantitative estimate of drug-likeness (QED) is 0.741. The van der Waals surface area contributed by atoms with E-state index in [1.54, 1.807) is 35.1 Å². The van der Waals surface area contributed by atoms with Gasteiger partial charge in [-0.1, -0.05) is 41.4 Å². The molecule has 0 radical (unpaired) electrons. The molecule has 1 heterocycles. The molecule has 2 aromatic carbocycles. The summed E-state index contributed by atoms with van der Waals surface area (Å²) in [6.07, 6.45) is 3.25. The van der Waals surface area contributed by atoms with Crippen LogP contribution in [0.5, 0.6) is 0 Å². The molecule has 0 saturated heterocycles. The predicted molar refractivity (Wildman–Crippen MR) is 94.6 cm³/mol. The number of carbonyl (C=O) groups is 1. The number of carbonyl (C=O) groups excluding carboxylic acids is 1. The fraction of sp³-hybridized carbons (Fsp3) is 0. The lowest BCUT2D eigenvalue weighted by Gasteiger charge is -2.04. The van der Waals surface area contributed by atoms with Crippen LogP contribution < -0.4 is 10.7 Å². The first-order valence-electron chi connectivity index (χ1n) is 7.03. The lowest BCUT2D eigenvalue weighted by Crippen LogP contribution is -2.14. The van der Waals surface area contributed by atoms with Gasteiger partial charge in [0, 0.05) is 11.9 Å². The smallest absolute Gasteiger partial charge is 0.306 e. The number of urea groups is 1. The Morgan fingerprint density at radius 3 is 2.50 bits per heavy atom. The van der Waals surface area contributed by atoms with Crippen LogP contribution in [0.25, 0.3) is 5.69 Å². The number of nitrogens with one attached hydrogen (secondary N) is 1. The highest BCUT2D eigenvalue weighted by Crippen LogP contribution is 2.24. The normalized spacial score (nSPS) is 11.3. The van der Waals surface area contributed by atoms with Gasteiger partial charge in [0.25, 0.3) is 0 Å². The van der Waals surface area contributed by atoms with Crippen molar-refractivity contribution in [1.82, 2.24) is 9.78 Å². The van der Waals surface area contributed by atoms with E-state index in [0.717, 1.165) is 5.69 Å². The largest absolute Gasteiger partial charge is 0.345 e. The average Bonchev–Trinajstić information content (AvgIpc) is 2.59. The number of hydrogen-bond acceptors (Lipinski definition) is 2. The molecule has 1 aromatic heterocycles. The van der Waals surface area contributed by atoms with Crippen LogP contribution in [0.15, 0.2) is 72.0 Å². The number of benzene rings is 2. The molecule has 0 aliphatic rings. The molecule has 0 saturated carbocycles. The third-order valence-electron chi connectivity index (χ3n) is 3.12. The molecule has 0 aliphatic carbocycles. The SMILES string of the molecule is O=C(N=c1ccn(-c2ccccc2)nc1)Nc1ccc(Cl)c(Cl)c1. The monoisotopic (exact) mass is 358 g/mol. The summed E-state index contributed by atoms with van der Waals surface area (Å²) in [5.41, 5.74) is 1.44. The number of anilines is 1. The summed E-state index contributed by atoms with van der Waals surface area (Å²) >= 11 is 11.7. The van der Waals surface area contributed by atoms with Gasteiger partial charge < -0.3 is 5.32 Å². The van der Waals surface area contributed by atoms with E-state index in [0.29, 0.717) is 21.1 Å². The molecule has 24 heavy (non-hydrogen) atoms. The molecule has 0 atom stereocenters. The first-order chi connectivity index (χ1) is 11.6. The van der Waals surface area contributed by atoms with Crippen molar-refractivity contribution in [3.8, 4) is 5.69 Å². The van der Waals surface area contributed by atoms with Gasteiger partial charge in [0.05, 0.1) is 27.3 Å². The fourth-order valence-electron chi connectivity index (χ4n) is 1.99. The van der Waals surface area contributed by atoms with Crippen molar-refractivity contribution in [2.75, 3.05) is 5.32 Å². The maximum atomic E-state index is 11.9. The second kappa shape index (κ2) is 7.29. The standard InChI is InChI=1S/C17H12Cl2N4O/c18-15-7-6-12(10-16(15)19)21-17(24)22-13-8-9-23(20-11-13)14-4-2-1-3-5-14/h1-11H,(H,21,24). The molecule has 3 aromatic rings. The maximum absolute atomic E-state index is 11.9. The second-order valence-electron chi connectivity index (χ2n) is 4.84. The van der Waals surface area contributed by atoms with E-state index in [1.165, 1.54) is 6.20 Å². The van der Waals surface area contributed by atoms with E-state index in [9.17, 15) is 4.79 Å². The summed E-state index contributed by atoms with van der Waals surface area (Å²) in [6.45, 7) is 0. The topological polar surface area (TPSA) is 59.3 Å². The average molecular weight is 359 g/mol. The predicted octanol–water partition coefficient (Wildman–Crippen LogP) is 4.31. The van der Waals surface area contributed by atoms with Crippen LogP contribution in [-0.2, 0) is 0 Å². The van der Waals surface area contributed by atoms with Crippen molar-refractivity contribution in [3.05, 3.63) is 82.4 Å². The van der Waals surface area contributed by atoms with Gasteiger partial charge in [-0.3, -0.25) is 0 Å². The van der Waals surface area contributed by atoms with Gasteiger partial charge in [0.2, 0.25) is 0 Å². The Morgan fingerprint density at radius 1 is 1.04 bits per heavy atom. The molecule has 0 spiro atoms. The van der Waals surface area contributed by atoms with E-state index in [-0.39, 0.29) is 0 Å². The lowest BCUT2D eigenvalue weighted by molar-refractivity contribution is 0.259. The van der Waals surface area contributed by atoms with Crippen molar-refractivity contribution in [3.63, 3.8) is 0 Å². The van der Waals surface area contributed by atoms with E-state index in [1.807, 2.05) is 30.3 Å². The van der Waals surface area contributed by atoms with E-state index >= 15 is 0 Å². The van der Waals surface area contributed by atoms with E-state index in [2.05, 4.69) is 15.4 Å². The first-order valence-corrected chi connectivity index (χ1v) is 7.78. The van der Waals surface area contributed by atoms with Crippen LogP contribution >= 0.6 is 23.2 Å². The minimum Gasteiger partial charge on any atom is -0.306 e. The molecular weight excluding hydrogens is 347 g/mol. The second-order valence-corrected chi connectivity index (χ2v) is 5.65. The number of hydrogen-bond donors (Lipinski definition) is 1. The Labute approximate surface area is 148 Å². The van der Waals surface area contributed by atoms with Crippen LogP contribution in [0.2, 0.25) is 10.0 Å². The number of para-hydroxylation sites is 1. The van der Waals surface area contributed by atoms with Crippen LogP contribution in [0.4, 0.5) is 10.5 Å². The number of aromatic nitrogens is 2. The minimum absolute atomic E-state index is 0.361. The highest BCUT2D eigenvalue weighted by atomic mass is 35.5. The van der Waals surface area contributed by atoms with E-state index in [4.69, 9.17) is 23.2 Å². The fourth-order valence-corrected chi connectivity index (χ4v) is 2.29. The molecule has 120 valence electrons. The summed E-state index contributed by atoms with van der Waals surface area (Å²) in [7, 11) is 0. The highest BCUT2D eigenvalue weighted by Gasteiger charge is 2.03. The zero-order valence-electron chi connectivity index (χ0n) is 12.4. The Hall–Kier alpha value is -2.63. The number of rotatable bonds is 2. The summed E-state index contributed by atoms with van der Waals surface area (Å²) in [5.74, 6) is 0. The molecule has 0 aliphatic heterocycles. The number of nitrogens with zero attached hydrogens (tertiary/aromatic N) is 3. The highest BCUT2D eigenvalue weighted by molar-refractivity contribution is 6.42. The zero-order valence-corrected chi connectivity index (χ0v) is 13.9. The lowest BCUT2D eigenvalue weighted by atomic mass is 10.3. The zero-order chi connectivity index (χ0) is 16.9. The Kier molecular flexibility index (Phi) is 4.93. The first kappa shape index (κ1) is 16.2. The Balaban J connectivity index is 1.76. The minimum atomic E-state index is -0.521. The molecular formula is C17H12Cl2N4O. The van der Waals surface area contributed by atoms with Crippen molar-refractivity contribution in [1.29, 1.82) is 0 Å². The van der Waals surface area contributed by atoms with E-state index < -0.39 is 6.03 Å². The van der Waals surface area contributed by atoms with Crippen molar-refractivity contribution < 1.29 is 4.79 Å². The molecule has 1 N–H and O–H groups in total. The van der Waals surface area contributed by atoms with Crippen molar-refractivity contribution in [2.45, 2.75) is 0 Å². The van der Waals surface area contributed by atoms with Gasteiger partial charge in [-0.05, 0) is 36.4 Å².